The number of aromatic nitrogens is 1. The molecule has 0 unspecified atom stereocenters. The Labute approximate surface area is 95.4 Å². The van der Waals surface area contributed by atoms with Gasteiger partial charge in [0.25, 0.3) is 0 Å². The van der Waals surface area contributed by atoms with Gasteiger partial charge in [0, 0.05) is 0 Å². The van der Waals surface area contributed by atoms with Crippen molar-refractivity contribution >= 4 is 32.7 Å². The fraction of sp³-hybridized carbons (Fsp3) is 0.308. The quantitative estimate of drug-likeness (QED) is 0.738. The molecule has 0 fully saturated rings. The van der Waals surface area contributed by atoms with E-state index in [-0.39, 0.29) is 0 Å². The minimum absolute atomic E-state index is 1.29. The normalized spacial score (nSPS) is 12.0. The molecule has 1 aromatic heterocycles. The van der Waals surface area contributed by atoms with Crippen molar-refractivity contribution in [3.8, 4) is 0 Å². The van der Waals surface area contributed by atoms with Gasteiger partial charge in [-0.3, -0.25) is 0 Å². The first-order chi connectivity index (χ1) is 7.00. The molecule has 0 atom stereocenters. The molecule has 0 radical (unpaired) electrons. The zero-order valence-electron chi connectivity index (χ0n) is 9.83. The molecule has 0 saturated carbocycles. The summed E-state index contributed by atoms with van der Waals surface area (Å²) < 4.78 is 1.54. The van der Waals surface area contributed by atoms with Gasteiger partial charge >= 0.3 is 95.6 Å². The summed E-state index contributed by atoms with van der Waals surface area (Å²) in [5.41, 5.74) is 1.39. The number of fused-ring (bicyclic) bond motifs is 1. The van der Waals surface area contributed by atoms with Crippen molar-refractivity contribution in [2.24, 2.45) is 0 Å². The van der Waals surface area contributed by atoms with Crippen molar-refractivity contribution in [3.63, 3.8) is 0 Å². The van der Waals surface area contributed by atoms with E-state index in [0.717, 1.165) is 0 Å². The Morgan fingerprint density at radius 1 is 1.07 bits per heavy atom. The number of hydrogen-bond acceptors (Lipinski definition) is 1. The molecule has 78 valence electrons. The van der Waals surface area contributed by atoms with E-state index in [4.69, 9.17) is 0 Å². The third-order valence-electron chi connectivity index (χ3n) is 2.80. The molecule has 15 heavy (non-hydrogen) atoms. The first kappa shape index (κ1) is 10.9. The SMILES string of the molecule is Cc1cccc2cnc[c]([Sn]([CH3])([CH3])[CH3])c12. The van der Waals surface area contributed by atoms with Gasteiger partial charge in [-0.05, 0) is 0 Å². The number of aryl methyl sites for hydroxylation is 1. The summed E-state index contributed by atoms with van der Waals surface area (Å²) in [6.07, 6.45) is 4.06. The zero-order valence-corrected chi connectivity index (χ0v) is 12.7. The Morgan fingerprint density at radius 2 is 1.80 bits per heavy atom. The fourth-order valence-corrected chi connectivity index (χ4v) is 6.42. The Hall–Kier alpha value is -0.571. The third kappa shape index (κ3) is 2.03. The Kier molecular flexibility index (Phi) is 2.75. The number of hydrogen-bond donors (Lipinski definition) is 0. The van der Waals surface area contributed by atoms with Gasteiger partial charge in [0.1, 0.15) is 0 Å². The minimum atomic E-state index is -2.03. The van der Waals surface area contributed by atoms with Gasteiger partial charge in [-0.1, -0.05) is 0 Å². The second kappa shape index (κ2) is 3.78. The molecule has 0 bridgehead atoms. The topological polar surface area (TPSA) is 12.9 Å². The van der Waals surface area contributed by atoms with Crippen LogP contribution < -0.4 is 3.58 Å². The van der Waals surface area contributed by atoms with Crippen molar-refractivity contribution in [2.75, 3.05) is 0 Å². The molecule has 0 spiro atoms. The average molecular weight is 306 g/mol. The Bertz CT molecular complexity index is 492. The molecule has 0 N–H and O–H groups in total. The monoisotopic (exact) mass is 307 g/mol. The van der Waals surface area contributed by atoms with Crippen LogP contribution in [0.15, 0.2) is 30.6 Å². The van der Waals surface area contributed by atoms with E-state index >= 15 is 0 Å². The third-order valence-corrected chi connectivity index (χ3v) is 8.49. The molecule has 1 heterocycles. The van der Waals surface area contributed by atoms with Crippen LogP contribution in [0.2, 0.25) is 14.8 Å². The van der Waals surface area contributed by atoms with E-state index < -0.39 is 18.4 Å². The van der Waals surface area contributed by atoms with Crippen LogP contribution in [0.3, 0.4) is 0 Å². The van der Waals surface area contributed by atoms with E-state index in [9.17, 15) is 0 Å². The average Bonchev–Trinajstić information content (AvgIpc) is 2.16. The van der Waals surface area contributed by atoms with Crippen LogP contribution in [0.1, 0.15) is 5.56 Å². The molecule has 0 aliphatic heterocycles. The van der Waals surface area contributed by atoms with Crippen LogP contribution in [0.4, 0.5) is 0 Å². The van der Waals surface area contributed by atoms with Crippen molar-refractivity contribution in [3.05, 3.63) is 36.2 Å². The summed E-state index contributed by atoms with van der Waals surface area (Å²) in [6, 6.07) is 6.47. The van der Waals surface area contributed by atoms with Gasteiger partial charge in [0.05, 0.1) is 0 Å². The van der Waals surface area contributed by atoms with Gasteiger partial charge in [-0.25, -0.2) is 0 Å². The molecule has 1 aromatic carbocycles. The number of rotatable bonds is 1. The number of nitrogens with zero attached hydrogens (tertiary/aromatic N) is 1. The summed E-state index contributed by atoms with van der Waals surface area (Å²) >= 11 is -2.03. The van der Waals surface area contributed by atoms with Gasteiger partial charge < -0.3 is 0 Å². The molecule has 0 aliphatic carbocycles. The molecular weight excluding hydrogens is 289 g/mol. The summed E-state index contributed by atoms with van der Waals surface area (Å²) in [5.74, 6) is 0. The molecule has 0 amide bonds. The van der Waals surface area contributed by atoms with Gasteiger partial charge in [-0.15, -0.1) is 0 Å². The van der Waals surface area contributed by atoms with Crippen molar-refractivity contribution < 1.29 is 0 Å². The van der Waals surface area contributed by atoms with E-state index in [1.165, 1.54) is 16.3 Å². The summed E-state index contributed by atoms with van der Waals surface area (Å²) in [4.78, 5) is 11.7. The predicted molar refractivity (Wildman–Crippen MR) is 69.5 cm³/mol. The molecule has 0 aliphatic rings. The Balaban J connectivity index is 2.86. The second-order valence-corrected chi connectivity index (χ2v) is 19.5. The number of pyridine rings is 1. The first-order valence-corrected chi connectivity index (χ1v) is 15.3. The molecule has 0 saturated heterocycles. The van der Waals surface area contributed by atoms with E-state index in [1.807, 2.05) is 6.20 Å². The van der Waals surface area contributed by atoms with E-state index in [2.05, 4.69) is 51.1 Å². The van der Waals surface area contributed by atoms with E-state index in [0.29, 0.717) is 0 Å². The maximum atomic E-state index is 4.37. The Morgan fingerprint density at radius 3 is 2.47 bits per heavy atom. The zero-order chi connectivity index (χ0) is 11.1. The molecule has 2 aromatic rings. The summed E-state index contributed by atoms with van der Waals surface area (Å²) in [5, 5.41) is 2.75. The molecular formula is C13H17NSn. The maximum absolute atomic E-state index is 4.37. The summed E-state index contributed by atoms with van der Waals surface area (Å²) in [7, 11) is 0. The van der Waals surface area contributed by atoms with Crippen LogP contribution in [0.25, 0.3) is 10.8 Å². The van der Waals surface area contributed by atoms with Crippen molar-refractivity contribution in [1.82, 2.24) is 4.98 Å². The van der Waals surface area contributed by atoms with Crippen molar-refractivity contribution in [1.29, 1.82) is 0 Å². The fourth-order valence-electron chi connectivity index (χ4n) is 1.99. The first-order valence-electron chi connectivity index (χ1n) is 5.34. The van der Waals surface area contributed by atoms with Crippen LogP contribution in [0, 0.1) is 6.92 Å². The summed E-state index contributed by atoms with van der Waals surface area (Å²) in [6.45, 7) is 2.20. The standard InChI is InChI=1S/C10H8N.3CH3.Sn/c1-8-3-2-4-9-7-11-6-5-10(8)9;;;;/h2-4,6-7H,1H3;3*1H3;. The van der Waals surface area contributed by atoms with Crippen LogP contribution in [-0.2, 0) is 0 Å². The van der Waals surface area contributed by atoms with Gasteiger partial charge in [0.2, 0.25) is 0 Å². The predicted octanol–water partition coefficient (Wildman–Crippen LogP) is 3.09. The van der Waals surface area contributed by atoms with E-state index in [1.54, 1.807) is 3.58 Å². The van der Waals surface area contributed by atoms with Crippen LogP contribution in [0.5, 0.6) is 0 Å². The van der Waals surface area contributed by atoms with Crippen molar-refractivity contribution in [2.45, 2.75) is 21.7 Å². The number of benzene rings is 1. The molecule has 1 nitrogen and oxygen atoms in total. The second-order valence-electron chi connectivity index (χ2n) is 5.11. The van der Waals surface area contributed by atoms with Crippen LogP contribution in [-0.4, -0.2) is 23.4 Å². The van der Waals surface area contributed by atoms with Gasteiger partial charge in [0.15, 0.2) is 0 Å². The van der Waals surface area contributed by atoms with Gasteiger partial charge in [-0.2, -0.15) is 0 Å². The molecule has 2 heteroatoms. The van der Waals surface area contributed by atoms with Crippen LogP contribution >= 0.6 is 0 Å². The molecule has 2 rings (SSSR count).